The lowest BCUT2D eigenvalue weighted by atomic mass is 10.1. The Hall–Kier alpha value is -1.61. The molecule has 0 aromatic heterocycles. The van der Waals surface area contributed by atoms with Crippen molar-refractivity contribution < 1.29 is 31.1 Å². The van der Waals surface area contributed by atoms with E-state index in [4.69, 9.17) is 0 Å². The first-order chi connectivity index (χ1) is 10.6. The highest BCUT2D eigenvalue weighted by atomic mass is 32.2. The Morgan fingerprint density at radius 3 is 2.39 bits per heavy atom. The van der Waals surface area contributed by atoms with E-state index in [1.54, 1.807) is 0 Å². The Kier molecular flexibility index (Phi) is 5.00. The molecule has 1 heterocycles. The summed E-state index contributed by atoms with van der Waals surface area (Å²) in [6.45, 7) is 0.255. The molecule has 0 spiro atoms. The van der Waals surface area contributed by atoms with Gasteiger partial charge in [0.1, 0.15) is 0 Å². The third-order valence-electron chi connectivity index (χ3n) is 3.54. The molecule has 0 radical (unpaired) electrons. The lowest BCUT2D eigenvalue weighted by Gasteiger charge is -2.32. The van der Waals surface area contributed by atoms with E-state index in [1.807, 2.05) is 0 Å². The fourth-order valence-electron chi connectivity index (χ4n) is 2.41. The van der Waals surface area contributed by atoms with Crippen molar-refractivity contribution >= 4 is 15.7 Å². The van der Waals surface area contributed by atoms with Gasteiger partial charge >= 0.3 is 6.36 Å². The van der Waals surface area contributed by atoms with E-state index in [0.29, 0.717) is 0 Å². The number of sulfone groups is 1. The third-order valence-corrected chi connectivity index (χ3v) is 4.65. The average Bonchev–Trinajstić information content (AvgIpc) is 2.45. The highest BCUT2D eigenvalue weighted by Gasteiger charge is 2.35. The largest absolute Gasteiger partial charge is 0.522 e. The SMILES string of the molecule is CS(=O)(=O)c1cccc(C(=O)N2CCC(OC(F)(F)F)CC2)c1. The van der Waals surface area contributed by atoms with Crippen molar-refractivity contribution in [1.82, 2.24) is 4.90 Å². The monoisotopic (exact) mass is 351 g/mol. The van der Waals surface area contributed by atoms with Crippen molar-refractivity contribution in [3.8, 4) is 0 Å². The maximum absolute atomic E-state index is 12.3. The van der Waals surface area contributed by atoms with E-state index in [0.717, 1.165) is 6.26 Å². The van der Waals surface area contributed by atoms with Gasteiger partial charge in [0.15, 0.2) is 9.84 Å². The lowest BCUT2D eigenvalue weighted by Crippen LogP contribution is -2.42. The topological polar surface area (TPSA) is 63.7 Å². The summed E-state index contributed by atoms with van der Waals surface area (Å²) in [7, 11) is -3.43. The van der Waals surface area contributed by atoms with Crippen LogP contribution in [0.25, 0.3) is 0 Å². The number of amides is 1. The first kappa shape index (κ1) is 17.7. The van der Waals surface area contributed by atoms with E-state index in [-0.39, 0.29) is 36.4 Å². The summed E-state index contributed by atoms with van der Waals surface area (Å²) in [6.07, 6.45) is -4.44. The molecule has 1 aliphatic heterocycles. The number of carbonyl (C=O) groups is 1. The van der Waals surface area contributed by atoms with Crippen LogP contribution in [0.4, 0.5) is 13.2 Å². The lowest BCUT2D eigenvalue weighted by molar-refractivity contribution is -0.345. The molecule has 0 bridgehead atoms. The number of halogens is 3. The van der Waals surface area contributed by atoms with Crippen LogP contribution in [0, 0.1) is 0 Å². The Bertz CT molecular complexity index is 680. The van der Waals surface area contributed by atoms with Crippen LogP contribution < -0.4 is 0 Å². The number of rotatable bonds is 3. The number of alkyl halides is 3. The molecule has 23 heavy (non-hydrogen) atoms. The summed E-state index contributed by atoms with van der Waals surface area (Å²) < 4.78 is 63.5. The van der Waals surface area contributed by atoms with Crippen molar-refractivity contribution in [2.45, 2.75) is 30.2 Å². The summed E-state index contributed by atoms with van der Waals surface area (Å²) in [5, 5.41) is 0. The molecule has 0 N–H and O–H groups in total. The first-order valence-electron chi connectivity index (χ1n) is 6.90. The van der Waals surface area contributed by atoms with Gasteiger partial charge in [-0.2, -0.15) is 0 Å². The van der Waals surface area contributed by atoms with E-state index in [9.17, 15) is 26.4 Å². The van der Waals surface area contributed by atoms with Gasteiger partial charge in [-0.25, -0.2) is 8.42 Å². The van der Waals surface area contributed by atoms with Crippen LogP contribution in [0.1, 0.15) is 23.2 Å². The second kappa shape index (κ2) is 6.48. The average molecular weight is 351 g/mol. The molecular weight excluding hydrogens is 335 g/mol. The summed E-state index contributed by atoms with van der Waals surface area (Å²) in [4.78, 5) is 13.8. The van der Waals surface area contributed by atoms with Gasteiger partial charge in [-0.1, -0.05) is 6.07 Å². The molecule has 0 atom stereocenters. The van der Waals surface area contributed by atoms with Crippen molar-refractivity contribution in [3.63, 3.8) is 0 Å². The number of likely N-dealkylation sites (tertiary alicyclic amines) is 1. The zero-order valence-corrected chi connectivity index (χ0v) is 13.2. The number of carbonyl (C=O) groups excluding carboxylic acids is 1. The Labute approximate surface area is 132 Å². The van der Waals surface area contributed by atoms with Crippen LogP contribution in [0.3, 0.4) is 0 Å². The van der Waals surface area contributed by atoms with Gasteiger partial charge in [0.25, 0.3) is 5.91 Å². The van der Waals surface area contributed by atoms with Crippen molar-refractivity contribution in [1.29, 1.82) is 0 Å². The molecule has 1 aliphatic rings. The minimum absolute atomic E-state index is 0.0265. The highest BCUT2D eigenvalue weighted by Crippen LogP contribution is 2.25. The zero-order valence-electron chi connectivity index (χ0n) is 12.3. The predicted octanol–water partition coefficient (Wildman–Crippen LogP) is 2.23. The maximum atomic E-state index is 12.3. The van der Waals surface area contributed by atoms with Gasteiger partial charge < -0.3 is 4.90 Å². The zero-order chi connectivity index (χ0) is 17.3. The van der Waals surface area contributed by atoms with Gasteiger partial charge in [0.05, 0.1) is 11.0 Å². The molecule has 0 saturated carbocycles. The van der Waals surface area contributed by atoms with E-state index in [1.165, 1.54) is 29.2 Å². The molecule has 0 unspecified atom stereocenters. The minimum Gasteiger partial charge on any atom is -0.338 e. The normalized spacial score (nSPS) is 17.3. The molecule has 1 amide bonds. The van der Waals surface area contributed by atoms with Crippen LogP contribution in [-0.2, 0) is 14.6 Å². The van der Waals surface area contributed by atoms with E-state index < -0.39 is 28.2 Å². The predicted molar refractivity (Wildman–Crippen MR) is 75.6 cm³/mol. The number of hydrogen-bond donors (Lipinski definition) is 0. The quantitative estimate of drug-likeness (QED) is 0.838. The van der Waals surface area contributed by atoms with E-state index in [2.05, 4.69) is 4.74 Å². The molecule has 1 aromatic rings. The van der Waals surface area contributed by atoms with Gasteiger partial charge in [0.2, 0.25) is 0 Å². The van der Waals surface area contributed by atoms with Gasteiger partial charge in [-0.3, -0.25) is 9.53 Å². The van der Waals surface area contributed by atoms with Crippen molar-refractivity contribution in [3.05, 3.63) is 29.8 Å². The first-order valence-corrected chi connectivity index (χ1v) is 8.79. The number of piperidine rings is 1. The van der Waals surface area contributed by atoms with Crippen LogP contribution in [0.2, 0.25) is 0 Å². The van der Waals surface area contributed by atoms with Crippen molar-refractivity contribution in [2.75, 3.05) is 19.3 Å². The second-order valence-electron chi connectivity index (χ2n) is 5.36. The second-order valence-corrected chi connectivity index (χ2v) is 7.37. The fourth-order valence-corrected chi connectivity index (χ4v) is 3.07. The number of nitrogens with zero attached hydrogens (tertiary/aromatic N) is 1. The van der Waals surface area contributed by atoms with Crippen molar-refractivity contribution in [2.24, 2.45) is 0 Å². The van der Waals surface area contributed by atoms with Gasteiger partial charge in [-0.05, 0) is 31.0 Å². The van der Waals surface area contributed by atoms with Crippen LogP contribution in [0.5, 0.6) is 0 Å². The summed E-state index contributed by atoms with van der Waals surface area (Å²) in [5.74, 6) is -0.402. The third kappa shape index (κ3) is 4.93. The molecule has 5 nitrogen and oxygen atoms in total. The molecule has 2 rings (SSSR count). The van der Waals surface area contributed by atoms with Crippen LogP contribution in [0.15, 0.2) is 29.2 Å². The molecule has 128 valence electrons. The molecular formula is C14H16F3NO4S. The standard InChI is InChI=1S/C14H16F3NO4S/c1-23(20,21)12-4-2-3-10(9-12)13(19)18-7-5-11(6-8-18)22-14(15,16)17/h2-4,9,11H,5-8H2,1H3. The maximum Gasteiger partial charge on any atom is 0.522 e. The summed E-state index contributed by atoms with van der Waals surface area (Å²) in [6, 6.07) is 5.60. The Morgan fingerprint density at radius 2 is 1.87 bits per heavy atom. The minimum atomic E-state index is -4.68. The molecule has 1 fully saturated rings. The van der Waals surface area contributed by atoms with Crippen LogP contribution in [-0.4, -0.2) is 51.0 Å². The summed E-state index contributed by atoms with van der Waals surface area (Å²) in [5.41, 5.74) is 0.197. The number of benzene rings is 1. The number of hydrogen-bond acceptors (Lipinski definition) is 4. The van der Waals surface area contributed by atoms with Gasteiger partial charge in [-0.15, -0.1) is 13.2 Å². The molecule has 1 saturated heterocycles. The molecule has 9 heteroatoms. The Balaban J connectivity index is 2.03. The smallest absolute Gasteiger partial charge is 0.338 e. The summed E-state index contributed by atoms with van der Waals surface area (Å²) >= 11 is 0. The molecule has 1 aromatic carbocycles. The molecule has 0 aliphatic carbocycles. The Morgan fingerprint density at radius 1 is 1.26 bits per heavy atom. The fraction of sp³-hybridized carbons (Fsp3) is 0.500. The van der Waals surface area contributed by atoms with Gasteiger partial charge in [0, 0.05) is 24.9 Å². The van der Waals surface area contributed by atoms with Crippen LogP contribution >= 0.6 is 0 Å². The number of ether oxygens (including phenoxy) is 1. The highest BCUT2D eigenvalue weighted by molar-refractivity contribution is 7.90. The van der Waals surface area contributed by atoms with E-state index >= 15 is 0 Å².